The minimum atomic E-state index is -1.24. The van der Waals surface area contributed by atoms with Crippen molar-refractivity contribution in [2.75, 3.05) is 25.5 Å². The maximum absolute atomic E-state index is 14.2. The highest BCUT2D eigenvalue weighted by Crippen LogP contribution is 2.45. The second-order valence-corrected chi connectivity index (χ2v) is 8.37. The Labute approximate surface area is 180 Å². The Bertz CT molecular complexity index is 793. The number of halogens is 3. The molecule has 1 saturated heterocycles. The fourth-order valence-electron chi connectivity index (χ4n) is 3.62. The molecule has 1 heterocycles. The minimum Gasteiger partial charge on any atom is -0.489 e. The van der Waals surface area contributed by atoms with E-state index in [-0.39, 0.29) is 17.6 Å². The van der Waals surface area contributed by atoms with E-state index in [0.717, 1.165) is 62.3 Å². The van der Waals surface area contributed by atoms with Crippen LogP contribution in [-0.4, -0.2) is 47.6 Å². The summed E-state index contributed by atoms with van der Waals surface area (Å²) in [5.74, 6) is -0.764. The summed E-state index contributed by atoms with van der Waals surface area (Å²) in [5.41, 5.74) is 0.534. The molecule has 1 aliphatic carbocycles. The van der Waals surface area contributed by atoms with Gasteiger partial charge < -0.3 is 9.84 Å². The van der Waals surface area contributed by atoms with Gasteiger partial charge in [-0.25, -0.2) is 9.18 Å². The van der Waals surface area contributed by atoms with Gasteiger partial charge in [-0.3, -0.25) is 4.90 Å². The van der Waals surface area contributed by atoms with E-state index in [1.54, 1.807) is 0 Å². The zero-order valence-electron chi connectivity index (χ0n) is 16.3. The van der Waals surface area contributed by atoms with Gasteiger partial charge in [0.1, 0.15) is 17.7 Å². The maximum atomic E-state index is 14.2. The molecule has 1 N–H and O–H groups in total. The van der Waals surface area contributed by atoms with Crippen LogP contribution in [0.2, 0.25) is 0 Å². The van der Waals surface area contributed by atoms with Crippen molar-refractivity contribution in [1.29, 1.82) is 0 Å². The van der Waals surface area contributed by atoms with E-state index in [1.807, 2.05) is 18.2 Å². The molecule has 0 radical (unpaired) electrons. The number of likely N-dealkylation sites (tertiary alicyclic amines) is 1. The van der Waals surface area contributed by atoms with Gasteiger partial charge in [0.15, 0.2) is 0 Å². The maximum Gasteiger partial charge on any atom is 0.338 e. The molecule has 0 aromatic heterocycles. The van der Waals surface area contributed by atoms with Crippen molar-refractivity contribution in [3.63, 3.8) is 0 Å². The van der Waals surface area contributed by atoms with Gasteiger partial charge in [0.25, 0.3) is 0 Å². The summed E-state index contributed by atoms with van der Waals surface area (Å²) in [6.07, 6.45) is 10.1. The molecule has 4 nitrogen and oxygen atoms in total. The first-order valence-corrected chi connectivity index (χ1v) is 10.9. The van der Waals surface area contributed by atoms with Crippen molar-refractivity contribution in [3.05, 3.63) is 52.3 Å². The highest BCUT2D eigenvalue weighted by molar-refractivity contribution is 6.29. The summed E-state index contributed by atoms with van der Waals surface area (Å²) in [4.78, 5) is 13.6. The van der Waals surface area contributed by atoms with Crippen molar-refractivity contribution in [1.82, 2.24) is 4.90 Å². The minimum absolute atomic E-state index is 0.0461. The van der Waals surface area contributed by atoms with Crippen LogP contribution in [0.1, 0.15) is 53.9 Å². The quantitative estimate of drug-likeness (QED) is 0.402. The Morgan fingerprint density at radius 3 is 2.83 bits per heavy atom. The normalized spacial score (nSPS) is 20.9. The highest BCUT2D eigenvalue weighted by Gasteiger charge is 2.31. The number of carbonyl (C=O) groups is 1. The molecule has 1 aliphatic heterocycles. The molecular weight excluding hydrogens is 416 g/mol. The van der Waals surface area contributed by atoms with Gasteiger partial charge in [-0.05, 0) is 62.3 Å². The lowest BCUT2D eigenvalue weighted by Gasteiger charge is -2.33. The van der Waals surface area contributed by atoms with Crippen LogP contribution < -0.4 is 4.74 Å². The Balaban J connectivity index is 1.62. The fourth-order valence-corrected chi connectivity index (χ4v) is 3.88. The third-order valence-corrected chi connectivity index (χ3v) is 5.77. The molecule has 1 aromatic carbocycles. The lowest BCUT2D eigenvalue weighted by molar-refractivity contribution is 0.0691. The molecule has 0 bridgehead atoms. The summed E-state index contributed by atoms with van der Waals surface area (Å²) in [7, 11) is 0. The Morgan fingerprint density at radius 2 is 2.14 bits per heavy atom. The second kappa shape index (κ2) is 10.5. The van der Waals surface area contributed by atoms with E-state index in [4.69, 9.17) is 27.9 Å². The zero-order chi connectivity index (χ0) is 20.8. The van der Waals surface area contributed by atoms with Crippen LogP contribution in [0, 0.1) is 5.82 Å². The first-order chi connectivity index (χ1) is 14.0. The third kappa shape index (κ3) is 6.46. The Morgan fingerprint density at radius 1 is 1.34 bits per heavy atom. The van der Waals surface area contributed by atoms with Crippen LogP contribution in [0.15, 0.2) is 35.4 Å². The SMILES string of the molecule is O=C(O)c1cc(C2CC2)c(O[C@@H]2CCCN(CC/C(Cl)=C\C=C/CCl)C2)cc1F. The third-order valence-electron chi connectivity index (χ3n) is 5.27. The molecule has 0 amide bonds. The lowest BCUT2D eigenvalue weighted by Crippen LogP contribution is -2.41. The van der Waals surface area contributed by atoms with E-state index in [2.05, 4.69) is 4.90 Å². The van der Waals surface area contributed by atoms with Crippen molar-refractivity contribution in [3.8, 4) is 5.75 Å². The van der Waals surface area contributed by atoms with E-state index in [0.29, 0.717) is 11.6 Å². The van der Waals surface area contributed by atoms with Gasteiger partial charge in [0.2, 0.25) is 0 Å². The second-order valence-electron chi connectivity index (χ2n) is 7.58. The summed E-state index contributed by atoms with van der Waals surface area (Å²) in [6.45, 7) is 2.54. The van der Waals surface area contributed by atoms with Crippen LogP contribution in [-0.2, 0) is 0 Å². The molecule has 0 unspecified atom stereocenters. The first kappa shape index (κ1) is 22.1. The standard InChI is InChI=1S/C22H26Cl2FNO3/c23-9-2-1-4-16(24)8-11-26-10-3-5-17(14-26)29-21-13-20(25)19(22(27)28)12-18(21)15-6-7-15/h1-2,4,12-13,15,17H,3,5-11,14H2,(H,27,28)/b2-1-,16-4+/t17-/m1/s1. The fraction of sp³-hybridized carbons (Fsp3) is 0.500. The molecule has 158 valence electrons. The molecule has 1 aromatic rings. The predicted molar refractivity (Wildman–Crippen MR) is 114 cm³/mol. The van der Waals surface area contributed by atoms with Crippen LogP contribution >= 0.6 is 23.2 Å². The lowest BCUT2D eigenvalue weighted by atomic mass is 10.0. The largest absolute Gasteiger partial charge is 0.489 e. The number of alkyl halides is 1. The number of piperidine rings is 1. The van der Waals surface area contributed by atoms with Crippen LogP contribution in [0.3, 0.4) is 0 Å². The average Bonchev–Trinajstić information content (AvgIpc) is 3.52. The first-order valence-electron chi connectivity index (χ1n) is 10.0. The van der Waals surface area contributed by atoms with Gasteiger partial charge in [0.05, 0.1) is 5.56 Å². The molecule has 0 spiro atoms. The number of nitrogens with zero attached hydrogens (tertiary/aromatic N) is 1. The summed E-state index contributed by atoms with van der Waals surface area (Å²) in [5, 5.41) is 9.97. The predicted octanol–water partition coefficient (Wildman–Crippen LogP) is 5.55. The molecular formula is C22H26Cl2FNO3. The molecule has 1 atom stereocenters. The monoisotopic (exact) mass is 441 g/mol. The van der Waals surface area contributed by atoms with Gasteiger partial charge in [0, 0.05) is 30.1 Å². The Hall–Kier alpha value is -1.56. The molecule has 2 fully saturated rings. The number of allylic oxidation sites excluding steroid dienone is 3. The molecule has 1 saturated carbocycles. The zero-order valence-corrected chi connectivity index (χ0v) is 17.8. The molecule has 3 rings (SSSR count). The summed E-state index contributed by atoms with van der Waals surface area (Å²) < 4.78 is 20.4. The van der Waals surface area contributed by atoms with Gasteiger partial charge in [-0.2, -0.15) is 0 Å². The van der Waals surface area contributed by atoms with Gasteiger partial charge >= 0.3 is 5.97 Å². The van der Waals surface area contributed by atoms with Crippen molar-refractivity contribution in [2.24, 2.45) is 0 Å². The number of carboxylic acid groups (broad SMARTS) is 1. The van der Waals surface area contributed by atoms with E-state index in [1.165, 1.54) is 12.1 Å². The van der Waals surface area contributed by atoms with Crippen molar-refractivity contribution < 1.29 is 19.0 Å². The number of rotatable bonds is 9. The molecule has 29 heavy (non-hydrogen) atoms. The highest BCUT2D eigenvalue weighted by atomic mass is 35.5. The number of carboxylic acids is 1. The van der Waals surface area contributed by atoms with Crippen molar-refractivity contribution in [2.45, 2.75) is 44.1 Å². The van der Waals surface area contributed by atoms with Crippen LogP contribution in [0.25, 0.3) is 0 Å². The smallest absolute Gasteiger partial charge is 0.338 e. The average molecular weight is 442 g/mol. The number of hydrogen-bond donors (Lipinski definition) is 1. The molecule has 2 aliphatic rings. The summed E-state index contributed by atoms with van der Waals surface area (Å²) >= 11 is 11.8. The van der Waals surface area contributed by atoms with Crippen molar-refractivity contribution >= 4 is 29.2 Å². The number of ether oxygens (including phenoxy) is 1. The van der Waals surface area contributed by atoms with E-state index < -0.39 is 11.8 Å². The van der Waals surface area contributed by atoms with Gasteiger partial charge in [-0.15, -0.1) is 11.6 Å². The van der Waals surface area contributed by atoms with E-state index in [9.17, 15) is 14.3 Å². The van der Waals surface area contributed by atoms with Crippen LogP contribution in [0.4, 0.5) is 4.39 Å². The summed E-state index contributed by atoms with van der Waals surface area (Å²) in [6, 6.07) is 2.70. The molecule has 7 heteroatoms. The number of hydrogen-bond acceptors (Lipinski definition) is 3. The van der Waals surface area contributed by atoms with Crippen LogP contribution in [0.5, 0.6) is 5.75 Å². The van der Waals surface area contributed by atoms with E-state index >= 15 is 0 Å². The number of aromatic carboxylic acids is 1. The number of benzene rings is 1. The topological polar surface area (TPSA) is 49.8 Å². The van der Waals surface area contributed by atoms with Gasteiger partial charge in [-0.1, -0.05) is 23.8 Å². The Kier molecular flexibility index (Phi) is 7.99.